The summed E-state index contributed by atoms with van der Waals surface area (Å²) in [5.41, 5.74) is 8.29. The molecule has 1 aromatic heterocycles. The first-order chi connectivity index (χ1) is 9.19. The number of fused-ring (bicyclic) bond motifs is 1. The minimum Gasteiger partial charge on any atom is -0.497 e. The highest BCUT2D eigenvalue weighted by molar-refractivity contribution is 5.44. The zero-order valence-corrected chi connectivity index (χ0v) is 11.0. The molecule has 2 aromatic rings. The molecule has 100 valence electrons. The van der Waals surface area contributed by atoms with E-state index in [0.29, 0.717) is 0 Å². The molecule has 1 aromatic carbocycles. The molecular formula is C14H17N3O2. The Morgan fingerprint density at radius 1 is 1.47 bits per heavy atom. The van der Waals surface area contributed by atoms with Crippen LogP contribution in [0.3, 0.4) is 0 Å². The summed E-state index contributed by atoms with van der Waals surface area (Å²) in [5.74, 6) is 1.63. The van der Waals surface area contributed by atoms with Gasteiger partial charge in [0.2, 0.25) is 0 Å². The van der Waals surface area contributed by atoms with E-state index in [4.69, 9.17) is 15.2 Å². The van der Waals surface area contributed by atoms with Gasteiger partial charge in [-0.25, -0.2) is 4.98 Å². The Morgan fingerprint density at radius 2 is 2.32 bits per heavy atom. The van der Waals surface area contributed by atoms with Crippen molar-refractivity contribution in [1.29, 1.82) is 0 Å². The molecule has 2 heterocycles. The number of hydrogen-bond acceptors (Lipinski definition) is 4. The van der Waals surface area contributed by atoms with Crippen LogP contribution >= 0.6 is 0 Å². The van der Waals surface area contributed by atoms with Crippen molar-refractivity contribution in [3.63, 3.8) is 0 Å². The Labute approximate surface area is 112 Å². The van der Waals surface area contributed by atoms with Crippen molar-refractivity contribution < 1.29 is 9.47 Å². The molecule has 2 N–H and O–H groups in total. The minimum absolute atomic E-state index is 0.0524. The second-order valence-corrected chi connectivity index (χ2v) is 4.78. The fraction of sp³-hybridized carbons (Fsp3) is 0.357. The lowest BCUT2D eigenvalue weighted by molar-refractivity contribution is 0.154. The van der Waals surface area contributed by atoms with Crippen molar-refractivity contribution in [2.24, 2.45) is 12.8 Å². The Kier molecular flexibility index (Phi) is 2.91. The third kappa shape index (κ3) is 2.06. The summed E-state index contributed by atoms with van der Waals surface area (Å²) in [6, 6.07) is 5.69. The maximum absolute atomic E-state index is 6.25. The van der Waals surface area contributed by atoms with E-state index in [2.05, 4.69) is 4.98 Å². The van der Waals surface area contributed by atoms with Crippen LogP contribution in [0.4, 0.5) is 0 Å². The Hall–Kier alpha value is -2.01. The van der Waals surface area contributed by atoms with Crippen molar-refractivity contribution in [1.82, 2.24) is 9.55 Å². The zero-order valence-electron chi connectivity index (χ0n) is 11.0. The lowest BCUT2D eigenvalue weighted by Gasteiger charge is -2.30. The quantitative estimate of drug-likeness (QED) is 0.895. The van der Waals surface area contributed by atoms with Gasteiger partial charge in [-0.05, 0) is 18.2 Å². The highest BCUT2D eigenvalue weighted by atomic mass is 16.5. The lowest BCUT2D eigenvalue weighted by Crippen LogP contribution is -2.25. The van der Waals surface area contributed by atoms with E-state index in [1.807, 2.05) is 36.0 Å². The Bertz CT molecular complexity index is 594. The van der Waals surface area contributed by atoms with Gasteiger partial charge in [0.25, 0.3) is 0 Å². The molecule has 5 nitrogen and oxygen atoms in total. The second-order valence-electron chi connectivity index (χ2n) is 4.78. The van der Waals surface area contributed by atoms with Crippen LogP contribution in [-0.2, 0) is 7.05 Å². The number of rotatable bonds is 2. The van der Waals surface area contributed by atoms with Crippen LogP contribution in [0, 0.1) is 0 Å². The number of benzene rings is 1. The summed E-state index contributed by atoms with van der Waals surface area (Å²) < 4.78 is 13.2. The molecule has 1 aliphatic rings. The standard InChI is InChI=1S/C14H17N3O2/c1-17-8-16-7-12(17)14-6-11(15)10-5-9(18-2)3-4-13(10)19-14/h3-5,7-8,11,14H,6,15H2,1-2H3/t11-,14?/m1/s1. The Morgan fingerprint density at radius 3 is 3.00 bits per heavy atom. The van der Waals surface area contributed by atoms with E-state index in [1.165, 1.54) is 0 Å². The smallest absolute Gasteiger partial charge is 0.142 e. The summed E-state index contributed by atoms with van der Waals surface area (Å²) in [5, 5.41) is 0. The molecule has 0 radical (unpaired) electrons. The topological polar surface area (TPSA) is 62.3 Å². The van der Waals surface area contributed by atoms with Crippen molar-refractivity contribution in [2.45, 2.75) is 18.6 Å². The van der Waals surface area contributed by atoms with Crippen LogP contribution < -0.4 is 15.2 Å². The summed E-state index contributed by atoms with van der Waals surface area (Å²) in [6.07, 6.45) is 4.28. The fourth-order valence-electron chi connectivity index (χ4n) is 2.47. The highest BCUT2D eigenvalue weighted by Crippen LogP contribution is 2.40. The summed E-state index contributed by atoms with van der Waals surface area (Å²) >= 11 is 0. The molecule has 19 heavy (non-hydrogen) atoms. The molecule has 0 bridgehead atoms. The number of aryl methyl sites for hydroxylation is 1. The number of imidazole rings is 1. The van der Waals surface area contributed by atoms with Crippen molar-refractivity contribution in [3.05, 3.63) is 42.0 Å². The first kappa shape index (κ1) is 12.0. The molecule has 0 fully saturated rings. The fourth-order valence-corrected chi connectivity index (χ4v) is 2.47. The van der Waals surface area contributed by atoms with E-state index in [1.54, 1.807) is 13.4 Å². The van der Waals surface area contributed by atoms with Gasteiger partial charge in [-0.2, -0.15) is 0 Å². The molecule has 2 atom stereocenters. The molecule has 1 aliphatic heterocycles. The first-order valence-corrected chi connectivity index (χ1v) is 6.25. The number of nitrogens with zero attached hydrogens (tertiary/aromatic N) is 2. The van der Waals surface area contributed by atoms with E-state index in [0.717, 1.165) is 29.2 Å². The molecule has 0 saturated heterocycles. The zero-order chi connectivity index (χ0) is 13.4. The first-order valence-electron chi connectivity index (χ1n) is 6.25. The van der Waals surface area contributed by atoms with E-state index < -0.39 is 0 Å². The summed E-state index contributed by atoms with van der Waals surface area (Å²) in [4.78, 5) is 4.13. The predicted molar refractivity (Wildman–Crippen MR) is 71.1 cm³/mol. The van der Waals surface area contributed by atoms with Crippen molar-refractivity contribution in [2.75, 3.05) is 7.11 Å². The molecule has 0 spiro atoms. The Balaban J connectivity index is 1.94. The molecule has 1 unspecified atom stereocenters. The monoisotopic (exact) mass is 259 g/mol. The number of nitrogens with two attached hydrogens (primary N) is 1. The molecule has 5 heteroatoms. The number of hydrogen-bond donors (Lipinski definition) is 1. The molecule has 0 amide bonds. The molecule has 3 rings (SSSR count). The van der Waals surface area contributed by atoms with Gasteiger partial charge in [0.05, 0.1) is 25.3 Å². The van der Waals surface area contributed by atoms with Crippen LogP contribution in [0.25, 0.3) is 0 Å². The van der Waals surface area contributed by atoms with Crippen LogP contribution in [0.2, 0.25) is 0 Å². The van der Waals surface area contributed by atoms with Gasteiger partial charge in [-0.15, -0.1) is 0 Å². The van der Waals surface area contributed by atoms with E-state index in [9.17, 15) is 0 Å². The second kappa shape index (κ2) is 4.59. The van der Waals surface area contributed by atoms with Gasteiger partial charge in [0.1, 0.15) is 17.6 Å². The third-order valence-corrected chi connectivity index (χ3v) is 3.54. The van der Waals surface area contributed by atoms with Gasteiger partial charge in [-0.1, -0.05) is 0 Å². The van der Waals surface area contributed by atoms with Gasteiger partial charge in [-0.3, -0.25) is 0 Å². The average Bonchev–Trinajstić information content (AvgIpc) is 2.84. The largest absolute Gasteiger partial charge is 0.497 e. The van der Waals surface area contributed by atoms with Crippen LogP contribution in [0.15, 0.2) is 30.7 Å². The van der Waals surface area contributed by atoms with Crippen LogP contribution in [0.5, 0.6) is 11.5 Å². The van der Waals surface area contributed by atoms with Crippen molar-refractivity contribution in [3.8, 4) is 11.5 Å². The summed E-state index contributed by atoms with van der Waals surface area (Å²) in [6.45, 7) is 0. The minimum atomic E-state index is -0.0567. The van der Waals surface area contributed by atoms with Crippen molar-refractivity contribution >= 4 is 0 Å². The normalized spacial score (nSPS) is 21.6. The van der Waals surface area contributed by atoms with Gasteiger partial charge < -0.3 is 19.8 Å². The molecular weight excluding hydrogens is 242 g/mol. The van der Waals surface area contributed by atoms with E-state index in [-0.39, 0.29) is 12.1 Å². The van der Waals surface area contributed by atoms with Crippen LogP contribution in [0.1, 0.15) is 29.8 Å². The van der Waals surface area contributed by atoms with Crippen LogP contribution in [-0.4, -0.2) is 16.7 Å². The van der Waals surface area contributed by atoms with Gasteiger partial charge in [0.15, 0.2) is 0 Å². The number of ether oxygens (including phenoxy) is 2. The third-order valence-electron chi connectivity index (χ3n) is 3.54. The molecule has 0 aliphatic carbocycles. The van der Waals surface area contributed by atoms with Gasteiger partial charge in [0, 0.05) is 25.1 Å². The SMILES string of the molecule is COc1ccc2c(c1)[C@H](N)CC(c1cncn1C)O2. The maximum atomic E-state index is 6.25. The molecule has 0 saturated carbocycles. The predicted octanol–water partition coefficient (Wildman–Crippen LogP) is 1.95. The summed E-state index contributed by atoms with van der Waals surface area (Å²) in [7, 11) is 3.61. The average molecular weight is 259 g/mol. The number of methoxy groups -OCH3 is 1. The number of aromatic nitrogens is 2. The highest BCUT2D eigenvalue weighted by Gasteiger charge is 2.29. The lowest BCUT2D eigenvalue weighted by atomic mass is 9.96. The maximum Gasteiger partial charge on any atom is 0.142 e. The van der Waals surface area contributed by atoms with Gasteiger partial charge >= 0.3 is 0 Å². The van der Waals surface area contributed by atoms with E-state index >= 15 is 0 Å².